The fourth-order valence-corrected chi connectivity index (χ4v) is 3.94. The second kappa shape index (κ2) is 8.45. The molecule has 0 atom stereocenters. The number of thioether (sulfide) groups is 1. The van der Waals surface area contributed by atoms with E-state index in [2.05, 4.69) is 0 Å². The van der Waals surface area contributed by atoms with Crippen LogP contribution in [0, 0.1) is 0 Å². The van der Waals surface area contributed by atoms with E-state index >= 15 is 0 Å². The van der Waals surface area contributed by atoms with Crippen molar-refractivity contribution < 1.29 is 19.0 Å². The smallest absolute Gasteiger partial charge is 0.270 e. The number of thiocarbonyl (C=S) groups is 1. The van der Waals surface area contributed by atoms with Crippen LogP contribution in [0.25, 0.3) is 6.08 Å². The fourth-order valence-electron chi connectivity index (χ4n) is 2.66. The zero-order valence-corrected chi connectivity index (χ0v) is 16.9. The predicted octanol–water partition coefficient (Wildman–Crippen LogP) is 4.51. The highest BCUT2D eigenvalue weighted by molar-refractivity contribution is 8.27. The second-order valence-corrected chi connectivity index (χ2v) is 7.24. The fraction of sp³-hybridized carbons (Fsp3) is 0.200. The third-order valence-corrected chi connectivity index (χ3v) is 5.19. The van der Waals surface area contributed by atoms with Crippen molar-refractivity contribution in [1.82, 2.24) is 0 Å². The van der Waals surface area contributed by atoms with Gasteiger partial charge in [0.2, 0.25) is 0 Å². The average Bonchev–Trinajstić information content (AvgIpc) is 2.95. The zero-order valence-electron chi connectivity index (χ0n) is 15.2. The number of ether oxygens (including phenoxy) is 3. The second-order valence-electron chi connectivity index (χ2n) is 5.56. The van der Waals surface area contributed by atoms with Crippen molar-refractivity contribution in [3.05, 3.63) is 52.9 Å². The lowest BCUT2D eigenvalue weighted by Gasteiger charge is -2.18. The van der Waals surface area contributed by atoms with Gasteiger partial charge in [-0.1, -0.05) is 36.1 Å². The van der Waals surface area contributed by atoms with Crippen LogP contribution in [-0.4, -0.2) is 31.1 Å². The van der Waals surface area contributed by atoms with Crippen molar-refractivity contribution in [3.63, 3.8) is 0 Å². The number of methoxy groups -OCH3 is 2. The number of amides is 1. The quantitative estimate of drug-likeness (QED) is 0.524. The SMILES string of the molecule is CCOc1cccc(C=C2SC(=S)N(c3cc(OC)ccc3OC)C2=O)c1. The minimum atomic E-state index is -0.196. The molecule has 1 saturated heterocycles. The molecule has 2 aromatic carbocycles. The Balaban J connectivity index is 1.95. The molecule has 1 heterocycles. The first-order valence-corrected chi connectivity index (χ1v) is 9.52. The lowest BCUT2D eigenvalue weighted by molar-refractivity contribution is -0.113. The van der Waals surface area contributed by atoms with Crippen LogP contribution in [-0.2, 0) is 4.79 Å². The molecule has 0 unspecified atom stereocenters. The molecule has 0 saturated carbocycles. The number of hydrogen-bond acceptors (Lipinski definition) is 6. The highest BCUT2D eigenvalue weighted by atomic mass is 32.2. The van der Waals surface area contributed by atoms with E-state index in [1.807, 2.05) is 37.3 Å². The number of benzene rings is 2. The van der Waals surface area contributed by atoms with Crippen LogP contribution in [0.3, 0.4) is 0 Å². The number of hydrogen-bond donors (Lipinski definition) is 0. The Kier molecular flexibility index (Phi) is 6.03. The van der Waals surface area contributed by atoms with E-state index in [0.717, 1.165) is 11.3 Å². The summed E-state index contributed by atoms with van der Waals surface area (Å²) >= 11 is 6.71. The monoisotopic (exact) mass is 401 g/mol. The molecule has 0 bridgehead atoms. The van der Waals surface area contributed by atoms with Crippen LogP contribution in [0.15, 0.2) is 47.4 Å². The standard InChI is InChI=1S/C20H19NO4S2/c1-4-25-15-7-5-6-13(10-15)11-18-19(22)21(20(26)27-18)16-12-14(23-2)8-9-17(16)24-3/h5-12H,4H2,1-3H3. The molecular formula is C20H19NO4S2. The highest BCUT2D eigenvalue weighted by Crippen LogP contribution is 2.41. The predicted molar refractivity (Wildman–Crippen MR) is 113 cm³/mol. The van der Waals surface area contributed by atoms with Gasteiger partial charge in [0, 0.05) is 6.07 Å². The molecule has 7 heteroatoms. The summed E-state index contributed by atoms with van der Waals surface area (Å²) in [5.41, 5.74) is 1.44. The van der Waals surface area contributed by atoms with Crippen molar-refractivity contribution in [2.45, 2.75) is 6.92 Å². The van der Waals surface area contributed by atoms with Gasteiger partial charge in [0.25, 0.3) is 5.91 Å². The molecule has 1 aliphatic heterocycles. The van der Waals surface area contributed by atoms with Crippen LogP contribution in [0.4, 0.5) is 5.69 Å². The molecule has 27 heavy (non-hydrogen) atoms. The minimum absolute atomic E-state index is 0.196. The summed E-state index contributed by atoms with van der Waals surface area (Å²) in [4.78, 5) is 15.0. The molecule has 0 N–H and O–H groups in total. The summed E-state index contributed by atoms with van der Waals surface area (Å²) < 4.78 is 16.6. The number of nitrogens with zero attached hydrogens (tertiary/aromatic N) is 1. The van der Waals surface area contributed by atoms with Gasteiger partial charge in [-0.05, 0) is 42.8 Å². The van der Waals surface area contributed by atoms with Crippen molar-refractivity contribution in [2.75, 3.05) is 25.7 Å². The first-order chi connectivity index (χ1) is 13.1. The summed E-state index contributed by atoms with van der Waals surface area (Å²) in [6, 6.07) is 12.8. The molecule has 0 radical (unpaired) electrons. The molecule has 0 spiro atoms. The number of rotatable bonds is 6. The van der Waals surface area contributed by atoms with Crippen LogP contribution in [0.5, 0.6) is 17.2 Å². The van der Waals surface area contributed by atoms with Crippen molar-refractivity contribution in [3.8, 4) is 17.2 Å². The van der Waals surface area contributed by atoms with Gasteiger partial charge in [0.1, 0.15) is 17.2 Å². The summed E-state index contributed by atoms with van der Waals surface area (Å²) in [6.45, 7) is 2.51. The molecule has 1 fully saturated rings. The van der Waals surface area contributed by atoms with Gasteiger partial charge in [-0.3, -0.25) is 9.69 Å². The Morgan fingerprint density at radius 2 is 1.93 bits per heavy atom. The van der Waals surface area contributed by atoms with E-state index in [1.54, 1.807) is 32.4 Å². The normalized spacial score (nSPS) is 15.4. The van der Waals surface area contributed by atoms with Gasteiger partial charge in [-0.15, -0.1) is 0 Å². The van der Waals surface area contributed by atoms with Gasteiger partial charge < -0.3 is 14.2 Å². The first-order valence-electron chi connectivity index (χ1n) is 8.30. The average molecular weight is 402 g/mol. The molecule has 0 aliphatic carbocycles. The summed E-state index contributed by atoms with van der Waals surface area (Å²) in [5, 5.41) is 0. The number of carbonyl (C=O) groups excluding carboxylic acids is 1. The molecule has 3 rings (SSSR count). The van der Waals surface area contributed by atoms with Crippen molar-refractivity contribution >= 4 is 46.0 Å². The zero-order chi connectivity index (χ0) is 19.4. The third-order valence-electron chi connectivity index (χ3n) is 3.89. The molecule has 1 aliphatic rings. The third kappa shape index (κ3) is 4.09. The number of anilines is 1. The van der Waals surface area contributed by atoms with Crippen LogP contribution in [0.1, 0.15) is 12.5 Å². The van der Waals surface area contributed by atoms with E-state index < -0.39 is 0 Å². The van der Waals surface area contributed by atoms with Gasteiger partial charge in [-0.25, -0.2) is 0 Å². The summed E-state index contributed by atoms with van der Waals surface area (Å²) in [6.07, 6.45) is 1.81. The largest absolute Gasteiger partial charge is 0.497 e. The highest BCUT2D eigenvalue weighted by Gasteiger charge is 2.35. The van der Waals surface area contributed by atoms with Crippen LogP contribution < -0.4 is 19.1 Å². The van der Waals surface area contributed by atoms with E-state index in [1.165, 1.54) is 16.7 Å². The molecule has 140 valence electrons. The van der Waals surface area contributed by atoms with Gasteiger partial charge in [-0.2, -0.15) is 0 Å². The van der Waals surface area contributed by atoms with E-state index in [0.29, 0.717) is 33.0 Å². The molecule has 0 aromatic heterocycles. The Labute approximate surface area is 167 Å². The molecule has 2 aromatic rings. The maximum absolute atomic E-state index is 13.0. The van der Waals surface area contributed by atoms with Gasteiger partial charge >= 0.3 is 0 Å². The Hall–Kier alpha value is -2.51. The lowest BCUT2D eigenvalue weighted by atomic mass is 10.2. The number of carbonyl (C=O) groups is 1. The Bertz CT molecular complexity index is 911. The van der Waals surface area contributed by atoms with E-state index in [-0.39, 0.29) is 5.91 Å². The molecule has 1 amide bonds. The van der Waals surface area contributed by atoms with Crippen LogP contribution in [0.2, 0.25) is 0 Å². The summed E-state index contributed by atoms with van der Waals surface area (Å²) in [7, 11) is 3.12. The van der Waals surface area contributed by atoms with Gasteiger partial charge in [0.05, 0.1) is 31.4 Å². The van der Waals surface area contributed by atoms with E-state index in [9.17, 15) is 4.79 Å². The Morgan fingerprint density at radius 3 is 2.63 bits per heavy atom. The molecule has 5 nitrogen and oxygen atoms in total. The topological polar surface area (TPSA) is 48.0 Å². The first kappa shape index (κ1) is 19.3. The minimum Gasteiger partial charge on any atom is -0.497 e. The lowest BCUT2D eigenvalue weighted by Crippen LogP contribution is -2.28. The molecular weight excluding hydrogens is 382 g/mol. The van der Waals surface area contributed by atoms with Crippen molar-refractivity contribution in [2.24, 2.45) is 0 Å². The maximum Gasteiger partial charge on any atom is 0.270 e. The van der Waals surface area contributed by atoms with Crippen LogP contribution >= 0.6 is 24.0 Å². The Morgan fingerprint density at radius 1 is 1.11 bits per heavy atom. The van der Waals surface area contributed by atoms with E-state index in [4.69, 9.17) is 26.4 Å². The van der Waals surface area contributed by atoms with Gasteiger partial charge in [0.15, 0.2) is 4.32 Å². The van der Waals surface area contributed by atoms with Crippen molar-refractivity contribution in [1.29, 1.82) is 0 Å². The maximum atomic E-state index is 13.0. The summed E-state index contributed by atoms with van der Waals surface area (Å²) in [5.74, 6) is 1.73.